The predicted octanol–water partition coefficient (Wildman–Crippen LogP) is 29.2. The Kier molecular flexibility index (Phi) is 33.2. The summed E-state index contributed by atoms with van der Waals surface area (Å²) in [4.78, 5) is 0. The van der Waals surface area contributed by atoms with Gasteiger partial charge in [0.15, 0.2) is 0 Å². The lowest BCUT2D eigenvalue weighted by molar-refractivity contribution is 0.0891. The lowest BCUT2D eigenvalue weighted by atomic mass is 9.64. The van der Waals surface area contributed by atoms with Gasteiger partial charge in [-0.3, -0.25) is 0 Å². The SMILES string of the molecule is CC(C)(C)C(C)(C)C.CC1(C2CC2)CC1.CC1CC(C)(C)C1.CC1CC(C)(C)C1.CC1CC(C)C1C.CC1CCC1(C)C.CC1C[C@H](C)C1C.CCC1(C)CCC1.CCC1CC(C)C1.CCC1CCC1C.C[C@H]1CC1C1CC1.C[C@H]1CCC1(C)C. The van der Waals surface area contributed by atoms with E-state index in [0.717, 1.165) is 106 Å². The molecule has 0 aliphatic heterocycles. The van der Waals surface area contributed by atoms with E-state index < -0.39 is 0 Å². The molecule has 13 saturated carbocycles. The number of hydrogen-bond acceptors (Lipinski definition) is 0. The van der Waals surface area contributed by atoms with Crippen LogP contribution in [-0.4, -0.2) is 0 Å². The van der Waals surface area contributed by atoms with Crippen molar-refractivity contribution < 1.29 is 0 Å². The third-order valence-corrected chi connectivity index (χ3v) is 27.8. The number of hydrogen-bond donors (Lipinski definition) is 0. The van der Waals surface area contributed by atoms with E-state index in [1.165, 1.54) is 166 Å². The largest absolute Gasteiger partial charge is 0.0651 e. The fraction of sp³-hybridized carbons (Fsp3) is 1.00. The molecule has 13 rings (SSSR count). The highest BCUT2D eigenvalue weighted by Crippen LogP contribution is 2.61. The third-order valence-electron chi connectivity index (χ3n) is 27.8. The molecule has 0 aromatic rings. The molecule has 0 spiro atoms. The molecule has 8 unspecified atom stereocenters. The number of rotatable bonds is 5. The zero-order valence-electron chi connectivity index (χ0n) is 65.5. The molecule has 0 radical (unpaired) electrons. The summed E-state index contributed by atoms with van der Waals surface area (Å²) in [5, 5.41) is 0. The van der Waals surface area contributed by atoms with Crippen LogP contribution in [0.2, 0.25) is 0 Å². The van der Waals surface area contributed by atoms with Gasteiger partial charge in [-0.1, -0.05) is 254 Å². The molecule has 11 atom stereocenters. The van der Waals surface area contributed by atoms with Crippen LogP contribution in [-0.2, 0) is 0 Å². The second kappa shape index (κ2) is 34.8. The quantitative estimate of drug-likeness (QED) is 0.257. The second-order valence-electron chi connectivity index (χ2n) is 40.0. The molecule has 0 N–H and O–H groups in total. The first kappa shape index (κ1) is 81.1. The van der Waals surface area contributed by atoms with Crippen LogP contribution in [0.15, 0.2) is 0 Å². The van der Waals surface area contributed by atoms with Crippen molar-refractivity contribution in [3.05, 3.63) is 0 Å². The highest BCUT2D eigenvalue weighted by Gasteiger charge is 2.49. The fourth-order valence-electron chi connectivity index (χ4n) is 15.2. The Hall–Kier alpha value is 0. The van der Waals surface area contributed by atoms with E-state index in [4.69, 9.17) is 0 Å². The van der Waals surface area contributed by atoms with E-state index in [1.807, 2.05) is 0 Å². The standard InChI is InChI=1S/C8H18.2C7H12.9C7H14/c1-7(2,3)8(4,5)6;1-7(4-5-7)6-2-3-6;1-5-4-7(5)6-2-3-6;2*1-6-4-7(2,3)5-6;2*1-6-4-5-7(6,2)3;2*1-5-4-6(2)7(5)3;1-3-7-4-6(2)5-7;1-3-7(2)5-4-6-7;1-3-7-5-4-6(7)2/h1-6H3;6H,2-5H2,1H3;5-7H,2-4H2,1H3;4*6H,4-5H2,1-3H3;2*5-7H,4H2,1-3H3;6-7H,3-5H2,1-2H3;3-6H2,1-2H3;6-7H,3-5H2,1-2H3/t;;5-,7?;;;6-;;5-,6?,7?;;;;/m..0..0.0..../s1. The molecule has 0 heteroatoms. The van der Waals surface area contributed by atoms with E-state index in [2.05, 4.69) is 222 Å². The van der Waals surface area contributed by atoms with Gasteiger partial charge < -0.3 is 0 Å². The normalized spacial score (nSPS) is 36.6. The zero-order chi connectivity index (χ0) is 65.5. The Morgan fingerprint density at radius 3 is 0.765 bits per heavy atom. The maximum Gasteiger partial charge on any atom is -0.0297 e. The lowest BCUT2D eigenvalue weighted by Crippen LogP contribution is -2.31. The predicted molar refractivity (Wildman–Crippen MR) is 389 cm³/mol. The summed E-state index contributed by atoms with van der Waals surface area (Å²) in [6, 6.07) is 0. The third kappa shape index (κ3) is 30.5. The van der Waals surface area contributed by atoms with Crippen LogP contribution in [0.5, 0.6) is 0 Å². The average molecular weight is 1190 g/mol. The molecule has 13 aliphatic rings. The first-order valence-electron chi connectivity index (χ1n) is 38.8. The van der Waals surface area contributed by atoms with Gasteiger partial charge in [-0.25, -0.2) is 0 Å². The van der Waals surface area contributed by atoms with Gasteiger partial charge in [0.2, 0.25) is 0 Å². The van der Waals surface area contributed by atoms with Crippen molar-refractivity contribution in [3.8, 4) is 0 Å². The van der Waals surface area contributed by atoms with Crippen molar-refractivity contribution in [2.24, 2.45) is 150 Å². The molecule has 0 amide bonds. The van der Waals surface area contributed by atoms with Crippen LogP contribution in [0.4, 0.5) is 0 Å². The minimum atomic E-state index is 0.437. The van der Waals surface area contributed by atoms with E-state index in [-0.39, 0.29) is 0 Å². The molecule has 13 aliphatic carbocycles. The summed E-state index contributed by atoms with van der Waals surface area (Å²) in [7, 11) is 0. The molecule has 508 valence electrons. The van der Waals surface area contributed by atoms with Crippen LogP contribution < -0.4 is 0 Å². The lowest BCUT2D eigenvalue weighted by Gasteiger charge is -2.42. The summed E-state index contributed by atoms with van der Waals surface area (Å²) in [5.74, 6) is 18.9. The maximum absolute atomic E-state index is 2.44. The molecular weight excluding hydrogens is 1020 g/mol. The molecular formula is C85H168. The topological polar surface area (TPSA) is 0 Å². The first-order valence-corrected chi connectivity index (χ1v) is 38.8. The monoisotopic (exact) mass is 1190 g/mol. The van der Waals surface area contributed by atoms with Crippen molar-refractivity contribution in [3.63, 3.8) is 0 Å². The van der Waals surface area contributed by atoms with Crippen LogP contribution in [0.1, 0.15) is 395 Å². The van der Waals surface area contributed by atoms with Gasteiger partial charge in [0.05, 0.1) is 0 Å². The van der Waals surface area contributed by atoms with Gasteiger partial charge >= 0.3 is 0 Å². The summed E-state index contributed by atoms with van der Waals surface area (Å²) in [5.41, 5.74) is 5.25. The van der Waals surface area contributed by atoms with Crippen molar-refractivity contribution >= 4 is 0 Å². The Morgan fingerprint density at radius 1 is 0.365 bits per heavy atom. The molecule has 0 bridgehead atoms. The average Bonchev–Trinajstić information content (AvgIpc) is 4.33. The van der Waals surface area contributed by atoms with E-state index in [9.17, 15) is 0 Å². The van der Waals surface area contributed by atoms with Crippen molar-refractivity contribution in [1.82, 2.24) is 0 Å². The van der Waals surface area contributed by atoms with Crippen molar-refractivity contribution in [2.75, 3.05) is 0 Å². The van der Waals surface area contributed by atoms with Crippen molar-refractivity contribution in [2.45, 2.75) is 395 Å². The molecule has 0 aromatic carbocycles. The molecule has 0 heterocycles. The molecule has 0 nitrogen and oxygen atoms in total. The molecule has 0 aromatic heterocycles. The second-order valence-corrected chi connectivity index (χ2v) is 40.0. The van der Waals surface area contributed by atoms with Gasteiger partial charge in [0, 0.05) is 0 Å². The van der Waals surface area contributed by atoms with E-state index >= 15 is 0 Å². The van der Waals surface area contributed by atoms with Gasteiger partial charge in [-0.2, -0.15) is 0 Å². The van der Waals surface area contributed by atoms with Gasteiger partial charge in [-0.05, 0) is 291 Å². The molecule has 0 saturated heterocycles. The smallest absolute Gasteiger partial charge is 0.0297 e. The van der Waals surface area contributed by atoms with E-state index in [1.54, 1.807) is 19.3 Å². The van der Waals surface area contributed by atoms with Crippen molar-refractivity contribution in [1.29, 1.82) is 0 Å². The van der Waals surface area contributed by atoms with Gasteiger partial charge in [0.1, 0.15) is 0 Å². The Bertz CT molecular complexity index is 1620. The van der Waals surface area contributed by atoms with Crippen LogP contribution in [0, 0.1) is 150 Å². The van der Waals surface area contributed by atoms with Gasteiger partial charge in [0.25, 0.3) is 0 Å². The molecule has 13 fully saturated rings. The Balaban J connectivity index is 0.000000316. The van der Waals surface area contributed by atoms with Gasteiger partial charge in [-0.15, -0.1) is 0 Å². The first-order chi connectivity index (χ1) is 38.8. The zero-order valence-corrected chi connectivity index (χ0v) is 65.5. The summed E-state index contributed by atoms with van der Waals surface area (Å²) >= 11 is 0. The maximum atomic E-state index is 2.44. The minimum absolute atomic E-state index is 0.437. The summed E-state index contributed by atoms with van der Waals surface area (Å²) in [6.07, 6.45) is 39.8. The summed E-state index contributed by atoms with van der Waals surface area (Å²) < 4.78 is 0. The van der Waals surface area contributed by atoms with E-state index in [0.29, 0.717) is 32.5 Å². The Morgan fingerprint density at radius 2 is 0.729 bits per heavy atom. The molecule has 85 heavy (non-hydrogen) atoms. The summed E-state index contributed by atoms with van der Waals surface area (Å²) in [6.45, 7) is 74.5. The highest BCUT2D eigenvalue weighted by atomic mass is 14.5. The minimum Gasteiger partial charge on any atom is -0.0651 e. The highest BCUT2D eigenvalue weighted by molar-refractivity contribution is 5.00. The van der Waals surface area contributed by atoms with Crippen LogP contribution in [0.3, 0.4) is 0 Å². The fourth-order valence-corrected chi connectivity index (χ4v) is 15.2. The Labute approximate surface area is 541 Å². The van der Waals surface area contributed by atoms with Crippen LogP contribution in [0.25, 0.3) is 0 Å². The van der Waals surface area contributed by atoms with Crippen LogP contribution >= 0.6 is 0 Å².